The van der Waals surface area contributed by atoms with E-state index in [1.54, 1.807) is 18.2 Å². The minimum Gasteiger partial charge on any atom is -0.508 e. The summed E-state index contributed by atoms with van der Waals surface area (Å²) in [6.45, 7) is 0. The van der Waals surface area contributed by atoms with Gasteiger partial charge in [-0.2, -0.15) is 12.6 Å². The molecule has 156 valence electrons. The van der Waals surface area contributed by atoms with Crippen molar-refractivity contribution in [3.05, 3.63) is 70.4 Å². The Bertz CT molecular complexity index is 1360. The number of carboxylic acids is 1. The summed E-state index contributed by atoms with van der Waals surface area (Å²) in [5, 5.41) is 23.0. The molecule has 0 saturated carbocycles. The predicted octanol–water partition coefficient (Wildman–Crippen LogP) is 4.23. The molecule has 1 aliphatic carbocycles. The lowest BCUT2D eigenvalue weighted by atomic mass is 9.90. The molecule has 8 heteroatoms. The molecule has 2 aliphatic rings. The second-order valence-electron chi connectivity index (χ2n) is 6.90. The summed E-state index contributed by atoms with van der Waals surface area (Å²) < 4.78 is 5.81. The number of aromatic hydroxyl groups is 1. The van der Waals surface area contributed by atoms with Crippen LogP contribution in [-0.4, -0.2) is 27.8 Å². The molecule has 0 aromatic heterocycles. The highest BCUT2D eigenvalue weighted by atomic mass is 32.1. The van der Waals surface area contributed by atoms with Gasteiger partial charge in [-0.25, -0.2) is 4.79 Å². The van der Waals surface area contributed by atoms with Crippen LogP contribution in [0.1, 0.15) is 16.8 Å². The molecule has 0 fully saturated rings. The summed E-state index contributed by atoms with van der Waals surface area (Å²) in [6.07, 6.45) is 0.209. The SMILES string of the molecule is O=C(CCS)Nc1ccc(C(=O)O)c(-c2c3ccc(=O)cc-3oc3cc(O)ccc23)c1. The van der Waals surface area contributed by atoms with Gasteiger partial charge in [0.05, 0.1) is 5.56 Å². The first kappa shape index (κ1) is 20.5. The zero-order valence-corrected chi connectivity index (χ0v) is 17.0. The van der Waals surface area contributed by atoms with Gasteiger partial charge >= 0.3 is 5.97 Å². The fourth-order valence-electron chi connectivity index (χ4n) is 3.49. The molecule has 0 radical (unpaired) electrons. The number of carboxylic acid groups (broad SMARTS) is 1. The van der Waals surface area contributed by atoms with Crippen LogP contribution in [0.3, 0.4) is 0 Å². The fourth-order valence-corrected chi connectivity index (χ4v) is 3.69. The van der Waals surface area contributed by atoms with Crippen LogP contribution in [0.4, 0.5) is 5.69 Å². The Morgan fingerprint density at radius 3 is 2.55 bits per heavy atom. The van der Waals surface area contributed by atoms with Crippen molar-refractivity contribution >= 4 is 41.2 Å². The number of hydrogen-bond donors (Lipinski definition) is 4. The van der Waals surface area contributed by atoms with Gasteiger partial charge in [0.2, 0.25) is 5.91 Å². The monoisotopic (exact) mass is 435 g/mol. The maximum absolute atomic E-state index is 12.0. The Balaban J connectivity index is 2.05. The van der Waals surface area contributed by atoms with Crippen molar-refractivity contribution in [3.8, 4) is 28.2 Å². The lowest BCUT2D eigenvalue weighted by molar-refractivity contribution is -0.115. The van der Waals surface area contributed by atoms with Gasteiger partial charge in [0.1, 0.15) is 17.1 Å². The van der Waals surface area contributed by atoms with Crippen LogP contribution >= 0.6 is 12.6 Å². The van der Waals surface area contributed by atoms with Gasteiger partial charge in [0, 0.05) is 40.8 Å². The highest BCUT2D eigenvalue weighted by Gasteiger charge is 2.22. The Morgan fingerprint density at radius 2 is 1.81 bits per heavy atom. The normalized spacial score (nSPS) is 11.0. The summed E-state index contributed by atoms with van der Waals surface area (Å²) >= 11 is 4.05. The summed E-state index contributed by atoms with van der Waals surface area (Å²) in [7, 11) is 0. The maximum atomic E-state index is 12.0. The molecule has 0 saturated heterocycles. The summed E-state index contributed by atoms with van der Waals surface area (Å²) in [5.41, 5.74) is 1.83. The van der Waals surface area contributed by atoms with Crippen molar-refractivity contribution in [3.63, 3.8) is 0 Å². The zero-order chi connectivity index (χ0) is 22.1. The standard InChI is InChI=1S/C23H17NO6S/c25-13-2-5-16-19(10-13)30-20-11-14(26)3-6-17(20)22(16)18-9-12(24-21(27)7-8-31)1-4-15(18)23(28)29/h1-6,9-11,25,31H,7-8H2,(H,24,27)(H,28,29). The van der Waals surface area contributed by atoms with E-state index in [-0.39, 0.29) is 40.4 Å². The van der Waals surface area contributed by atoms with E-state index in [9.17, 15) is 24.6 Å². The molecule has 4 rings (SSSR count). The third kappa shape index (κ3) is 3.97. The second-order valence-corrected chi connectivity index (χ2v) is 7.35. The number of carbonyl (C=O) groups is 2. The topological polar surface area (TPSA) is 117 Å². The van der Waals surface area contributed by atoms with E-state index in [1.807, 2.05) is 0 Å². The van der Waals surface area contributed by atoms with E-state index in [1.165, 1.54) is 36.4 Å². The van der Waals surface area contributed by atoms with Crippen LogP contribution in [0.2, 0.25) is 0 Å². The third-order valence-corrected chi connectivity index (χ3v) is 5.04. The first-order chi connectivity index (χ1) is 14.9. The average Bonchev–Trinajstić information content (AvgIpc) is 2.71. The van der Waals surface area contributed by atoms with Crippen molar-refractivity contribution in [2.45, 2.75) is 6.42 Å². The number of amides is 1. The number of rotatable bonds is 5. The molecule has 0 unspecified atom stereocenters. The van der Waals surface area contributed by atoms with E-state index in [4.69, 9.17) is 4.42 Å². The first-order valence-corrected chi connectivity index (χ1v) is 9.98. The minimum atomic E-state index is -1.15. The summed E-state index contributed by atoms with van der Waals surface area (Å²) in [5.74, 6) is -0.803. The van der Waals surface area contributed by atoms with E-state index in [2.05, 4.69) is 17.9 Å². The minimum absolute atomic E-state index is 0.0141. The summed E-state index contributed by atoms with van der Waals surface area (Å²) in [4.78, 5) is 35.9. The van der Waals surface area contributed by atoms with Crippen LogP contribution < -0.4 is 10.7 Å². The van der Waals surface area contributed by atoms with Gasteiger partial charge in [-0.3, -0.25) is 9.59 Å². The van der Waals surface area contributed by atoms with Crippen molar-refractivity contribution in [1.29, 1.82) is 0 Å². The number of nitrogens with one attached hydrogen (secondary N) is 1. The first-order valence-electron chi connectivity index (χ1n) is 9.35. The van der Waals surface area contributed by atoms with Gasteiger partial charge in [-0.15, -0.1) is 0 Å². The number of hydrogen-bond acceptors (Lipinski definition) is 6. The number of benzene rings is 3. The molecule has 0 spiro atoms. The van der Waals surface area contributed by atoms with Crippen LogP contribution in [0.5, 0.6) is 5.75 Å². The molecule has 0 bridgehead atoms. The third-order valence-electron chi connectivity index (χ3n) is 4.82. The summed E-state index contributed by atoms with van der Waals surface area (Å²) in [6, 6.07) is 13.2. The van der Waals surface area contributed by atoms with Crippen molar-refractivity contribution in [2.75, 3.05) is 11.1 Å². The maximum Gasteiger partial charge on any atom is 0.336 e. The molecule has 31 heavy (non-hydrogen) atoms. The zero-order valence-electron chi connectivity index (χ0n) is 16.1. The highest BCUT2D eigenvalue weighted by molar-refractivity contribution is 7.80. The number of anilines is 1. The molecule has 3 N–H and O–H groups in total. The largest absolute Gasteiger partial charge is 0.508 e. The molecular weight excluding hydrogens is 418 g/mol. The number of phenols is 1. The molecule has 1 amide bonds. The van der Waals surface area contributed by atoms with Crippen LogP contribution in [-0.2, 0) is 4.79 Å². The van der Waals surface area contributed by atoms with E-state index < -0.39 is 5.97 Å². The number of thiol groups is 1. The molecule has 2 aromatic carbocycles. The molecule has 0 atom stereocenters. The molecule has 2 aromatic rings. The number of carbonyl (C=O) groups excluding carboxylic acids is 1. The van der Waals surface area contributed by atoms with Crippen LogP contribution in [0.25, 0.3) is 33.4 Å². The number of aromatic carboxylic acids is 1. The van der Waals surface area contributed by atoms with Gasteiger partial charge in [-0.05, 0) is 53.8 Å². The van der Waals surface area contributed by atoms with Crippen LogP contribution in [0, 0.1) is 0 Å². The molecule has 7 nitrogen and oxygen atoms in total. The van der Waals surface area contributed by atoms with Crippen LogP contribution in [0.15, 0.2) is 63.8 Å². The Morgan fingerprint density at radius 1 is 1.00 bits per heavy atom. The Labute approximate surface area is 181 Å². The number of phenolic OH excluding ortho intramolecular Hbond substituents is 1. The molecule has 1 aliphatic heterocycles. The lowest BCUT2D eigenvalue weighted by Crippen LogP contribution is -2.12. The van der Waals surface area contributed by atoms with Gasteiger partial charge in [-0.1, -0.05) is 0 Å². The van der Waals surface area contributed by atoms with Crippen molar-refractivity contribution < 1.29 is 24.2 Å². The van der Waals surface area contributed by atoms with Gasteiger partial charge in [0.25, 0.3) is 0 Å². The molecule has 1 heterocycles. The smallest absolute Gasteiger partial charge is 0.336 e. The fraction of sp³-hybridized carbons (Fsp3) is 0.0870. The molecular formula is C23H17NO6S. The average molecular weight is 435 g/mol. The van der Waals surface area contributed by atoms with Crippen molar-refractivity contribution in [2.24, 2.45) is 0 Å². The second kappa shape index (κ2) is 8.16. The van der Waals surface area contributed by atoms with Gasteiger partial charge in [0.15, 0.2) is 5.43 Å². The Kier molecular flexibility index (Phi) is 5.39. The van der Waals surface area contributed by atoms with Gasteiger partial charge < -0.3 is 19.9 Å². The predicted molar refractivity (Wildman–Crippen MR) is 120 cm³/mol. The number of fused-ring (bicyclic) bond motifs is 2. The van der Waals surface area contributed by atoms with E-state index in [0.29, 0.717) is 33.5 Å². The van der Waals surface area contributed by atoms with E-state index in [0.717, 1.165) is 0 Å². The van der Waals surface area contributed by atoms with Crippen molar-refractivity contribution in [1.82, 2.24) is 0 Å². The highest BCUT2D eigenvalue weighted by Crippen LogP contribution is 2.42. The van der Waals surface area contributed by atoms with E-state index >= 15 is 0 Å². The lowest BCUT2D eigenvalue weighted by Gasteiger charge is -2.17. The Hall–Kier alpha value is -3.78. The quantitative estimate of drug-likeness (QED) is 0.275.